The Labute approximate surface area is 186 Å². The Morgan fingerprint density at radius 2 is 1.96 bits per heavy atom. The molecule has 1 atom stereocenters. The van der Waals surface area contributed by atoms with Crippen LogP contribution in [-0.4, -0.2) is 44.1 Å². The third-order valence-electron chi connectivity index (χ3n) is 4.86. The van der Waals surface area contributed by atoms with Crippen molar-refractivity contribution in [2.75, 3.05) is 33.2 Å². The van der Waals surface area contributed by atoms with Gasteiger partial charge < -0.3 is 10.6 Å². The van der Waals surface area contributed by atoms with E-state index in [0.717, 1.165) is 25.7 Å². The van der Waals surface area contributed by atoms with E-state index in [-0.39, 0.29) is 24.0 Å². The molecule has 1 saturated heterocycles. The summed E-state index contributed by atoms with van der Waals surface area (Å²) < 4.78 is 27.0. The number of hydrogen-bond acceptors (Lipinski definition) is 3. The molecule has 1 aliphatic heterocycles. The molecule has 1 aromatic carbocycles. The summed E-state index contributed by atoms with van der Waals surface area (Å²) in [7, 11) is 1.72. The monoisotopic (exact) mass is 520 g/mol. The number of nitrogens with zero attached hydrogens (tertiary/aromatic N) is 2. The van der Waals surface area contributed by atoms with E-state index in [1.807, 2.05) is 0 Å². The first-order chi connectivity index (χ1) is 13.2. The summed E-state index contributed by atoms with van der Waals surface area (Å²) in [4.78, 5) is 8.11. The number of thiophene rings is 1. The van der Waals surface area contributed by atoms with Crippen molar-refractivity contribution < 1.29 is 8.78 Å². The Hall–Kier alpha value is -1.26. The van der Waals surface area contributed by atoms with Gasteiger partial charge in [-0.3, -0.25) is 9.89 Å². The predicted octanol–water partition coefficient (Wildman–Crippen LogP) is 4.19. The summed E-state index contributed by atoms with van der Waals surface area (Å²) in [6.45, 7) is 3.48. The number of nitrogens with one attached hydrogen (secondary N) is 2. The molecule has 0 bridgehead atoms. The zero-order valence-corrected chi connectivity index (χ0v) is 19.1. The molecule has 1 unspecified atom stereocenters. The zero-order chi connectivity index (χ0) is 19.1. The highest BCUT2D eigenvalue weighted by Crippen LogP contribution is 2.27. The fourth-order valence-corrected chi connectivity index (χ4v) is 4.28. The van der Waals surface area contributed by atoms with Crippen molar-refractivity contribution in [1.82, 2.24) is 15.5 Å². The third-order valence-corrected chi connectivity index (χ3v) is 5.83. The molecule has 3 rings (SSSR count). The average Bonchev–Trinajstić information content (AvgIpc) is 3.38. The largest absolute Gasteiger partial charge is 0.356 e. The van der Waals surface area contributed by atoms with Crippen LogP contribution >= 0.6 is 35.3 Å². The quantitative estimate of drug-likeness (QED) is 0.327. The lowest BCUT2D eigenvalue weighted by atomic mass is 10.1. The molecule has 1 fully saturated rings. The average molecular weight is 520 g/mol. The maximum absolute atomic E-state index is 13.7. The summed E-state index contributed by atoms with van der Waals surface area (Å²) in [5.74, 6) is -0.902. The minimum atomic E-state index is -0.806. The second kappa shape index (κ2) is 11.7. The first kappa shape index (κ1) is 23.0. The van der Waals surface area contributed by atoms with Gasteiger partial charge >= 0.3 is 0 Å². The van der Waals surface area contributed by atoms with Crippen LogP contribution in [0.5, 0.6) is 0 Å². The van der Waals surface area contributed by atoms with Gasteiger partial charge in [0.15, 0.2) is 17.6 Å². The Bertz CT molecular complexity index is 749. The van der Waals surface area contributed by atoms with Crippen molar-refractivity contribution in [3.8, 4) is 0 Å². The molecule has 1 aromatic heterocycles. The number of likely N-dealkylation sites (tertiary alicyclic amines) is 1. The number of rotatable bonds is 7. The van der Waals surface area contributed by atoms with Gasteiger partial charge in [-0.1, -0.05) is 18.2 Å². The number of benzene rings is 1. The second-order valence-electron chi connectivity index (χ2n) is 6.62. The van der Waals surface area contributed by atoms with Crippen LogP contribution in [0.2, 0.25) is 0 Å². The highest BCUT2D eigenvalue weighted by Gasteiger charge is 2.24. The van der Waals surface area contributed by atoms with Gasteiger partial charge in [-0.25, -0.2) is 8.78 Å². The molecular weight excluding hydrogens is 493 g/mol. The van der Waals surface area contributed by atoms with Gasteiger partial charge in [-0.05, 0) is 55.4 Å². The van der Waals surface area contributed by atoms with Crippen LogP contribution in [0.3, 0.4) is 0 Å². The summed E-state index contributed by atoms with van der Waals surface area (Å²) in [5.41, 5.74) is 0.367. The first-order valence-electron chi connectivity index (χ1n) is 9.34. The SMILES string of the molecule is CN=C(NCCc1cccc(F)c1F)NCC(c1cccs1)N1CCCC1.I. The fraction of sp³-hybridized carbons (Fsp3) is 0.450. The molecule has 2 aromatic rings. The normalized spacial score (nSPS) is 15.9. The Morgan fingerprint density at radius 1 is 1.18 bits per heavy atom. The van der Waals surface area contributed by atoms with E-state index >= 15 is 0 Å². The molecule has 2 heterocycles. The van der Waals surface area contributed by atoms with Gasteiger partial charge in [0.1, 0.15) is 0 Å². The van der Waals surface area contributed by atoms with E-state index < -0.39 is 11.6 Å². The van der Waals surface area contributed by atoms with Gasteiger partial charge in [-0.2, -0.15) is 0 Å². The molecule has 2 N–H and O–H groups in total. The molecule has 4 nitrogen and oxygen atoms in total. The van der Waals surface area contributed by atoms with E-state index in [9.17, 15) is 8.78 Å². The topological polar surface area (TPSA) is 39.7 Å². The van der Waals surface area contributed by atoms with E-state index in [4.69, 9.17) is 0 Å². The van der Waals surface area contributed by atoms with Crippen molar-refractivity contribution in [3.05, 3.63) is 57.8 Å². The Kier molecular flexibility index (Phi) is 9.60. The van der Waals surface area contributed by atoms with Crippen LogP contribution in [0.25, 0.3) is 0 Å². The summed E-state index contributed by atoms with van der Waals surface area (Å²) in [6.07, 6.45) is 2.88. The molecule has 154 valence electrons. The molecule has 1 aliphatic rings. The molecule has 0 radical (unpaired) electrons. The van der Waals surface area contributed by atoms with Crippen LogP contribution in [0, 0.1) is 11.6 Å². The van der Waals surface area contributed by atoms with Gasteiger partial charge in [0, 0.05) is 25.0 Å². The smallest absolute Gasteiger partial charge is 0.191 e. The molecule has 8 heteroatoms. The van der Waals surface area contributed by atoms with Gasteiger partial charge in [0.2, 0.25) is 0 Å². The van der Waals surface area contributed by atoms with E-state index in [1.165, 1.54) is 23.8 Å². The van der Waals surface area contributed by atoms with Crippen molar-refractivity contribution >= 4 is 41.3 Å². The minimum Gasteiger partial charge on any atom is -0.356 e. The van der Waals surface area contributed by atoms with Crippen molar-refractivity contribution in [2.45, 2.75) is 25.3 Å². The highest BCUT2D eigenvalue weighted by atomic mass is 127. The van der Waals surface area contributed by atoms with Crippen LogP contribution in [0.4, 0.5) is 8.78 Å². The number of hydrogen-bond donors (Lipinski definition) is 2. The van der Waals surface area contributed by atoms with E-state index in [1.54, 1.807) is 24.5 Å². The zero-order valence-electron chi connectivity index (χ0n) is 16.0. The highest BCUT2D eigenvalue weighted by molar-refractivity contribution is 14.0. The van der Waals surface area contributed by atoms with Crippen LogP contribution in [0.1, 0.15) is 29.3 Å². The standard InChI is InChI=1S/C20H26F2N4S.HI/c1-23-20(24-10-9-15-6-4-7-16(21)19(15)22)25-14-17(18-8-5-13-27-18)26-11-2-3-12-26;/h4-8,13,17H,2-3,9-12,14H2,1H3,(H2,23,24,25);1H. The molecule has 0 amide bonds. The van der Waals surface area contributed by atoms with Gasteiger partial charge in [0.25, 0.3) is 0 Å². The van der Waals surface area contributed by atoms with Crippen LogP contribution in [0.15, 0.2) is 40.7 Å². The van der Waals surface area contributed by atoms with Crippen LogP contribution in [-0.2, 0) is 6.42 Å². The fourth-order valence-electron chi connectivity index (χ4n) is 3.41. The van der Waals surface area contributed by atoms with Gasteiger partial charge in [-0.15, -0.1) is 35.3 Å². The Balaban J connectivity index is 0.00000280. The maximum Gasteiger partial charge on any atom is 0.191 e. The minimum absolute atomic E-state index is 0. The lowest BCUT2D eigenvalue weighted by Crippen LogP contribution is -2.43. The van der Waals surface area contributed by atoms with Crippen molar-refractivity contribution in [3.63, 3.8) is 0 Å². The molecular formula is C20H27F2IN4S. The lowest BCUT2D eigenvalue weighted by molar-refractivity contribution is 0.249. The van der Waals surface area contributed by atoms with E-state index in [2.05, 4.69) is 38.0 Å². The number of aliphatic imine (C=N–C) groups is 1. The number of halogens is 3. The first-order valence-corrected chi connectivity index (χ1v) is 10.2. The molecule has 0 saturated carbocycles. The molecule has 0 spiro atoms. The van der Waals surface area contributed by atoms with Crippen LogP contribution < -0.4 is 10.6 Å². The summed E-state index contributed by atoms with van der Waals surface area (Å²) in [5, 5.41) is 8.68. The predicted molar refractivity (Wildman–Crippen MR) is 123 cm³/mol. The summed E-state index contributed by atoms with van der Waals surface area (Å²) >= 11 is 1.78. The van der Waals surface area contributed by atoms with Crippen molar-refractivity contribution in [2.24, 2.45) is 4.99 Å². The summed E-state index contributed by atoms with van der Waals surface area (Å²) in [6, 6.07) is 8.86. The van der Waals surface area contributed by atoms with E-state index in [0.29, 0.717) is 30.5 Å². The lowest BCUT2D eigenvalue weighted by Gasteiger charge is -2.27. The molecule has 28 heavy (non-hydrogen) atoms. The Morgan fingerprint density at radius 3 is 2.64 bits per heavy atom. The second-order valence-corrected chi connectivity index (χ2v) is 7.60. The van der Waals surface area contributed by atoms with Crippen molar-refractivity contribution in [1.29, 1.82) is 0 Å². The third kappa shape index (κ3) is 6.12. The van der Waals surface area contributed by atoms with Gasteiger partial charge in [0.05, 0.1) is 6.04 Å². The molecule has 0 aliphatic carbocycles. The number of guanidine groups is 1. The maximum atomic E-state index is 13.7.